The molecule has 0 unspecified atom stereocenters. The van der Waals surface area contributed by atoms with Crippen LogP contribution in [0.5, 0.6) is 0 Å². The lowest BCUT2D eigenvalue weighted by atomic mass is 9.96. The van der Waals surface area contributed by atoms with E-state index in [1.807, 2.05) is 6.92 Å². The normalized spacial score (nSPS) is 20.2. The number of nitrogens with one attached hydrogen (secondary N) is 1. The number of fused-ring (bicyclic) bond motifs is 1. The van der Waals surface area contributed by atoms with Crippen LogP contribution in [0.4, 0.5) is 18.9 Å². The smallest absolute Gasteiger partial charge is 0.382 e. The van der Waals surface area contributed by atoms with Gasteiger partial charge in [-0.1, -0.05) is 0 Å². The number of hydrogen-bond donors (Lipinski definition) is 1. The molecule has 1 aliphatic rings. The Hall–Kier alpha value is -1.52. The van der Waals surface area contributed by atoms with Crippen molar-refractivity contribution in [3.05, 3.63) is 29.3 Å². The minimum atomic E-state index is -4.40. The summed E-state index contributed by atoms with van der Waals surface area (Å²) in [6.45, 7) is 1.82. The molecule has 0 aromatic heterocycles. The second kappa shape index (κ2) is 3.50. The summed E-state index contributed by atoms with van der Waals surface area (Å²) in [5, 5.41) is 2.98. The summed E-state index contributed by atoms with van der Waals surface area (Å²) in [7, 11) is 0. The second-order valence-electron chi connectivity index (χ2n) is 3.93. The lowest BCUT2D eigenvalue weighted by Gasteiger charge is -2.23. The molecule has 1 aromatic carbocycles. The van der Waals surface area contributed by atoms with Gasteiger partial charge >= 0.3 is 6.18 Å². The van der Waals surface area contributed by atoms with Crippen molar-refractivity contribution in [1.29, 1.82) is 0 Å². The largest absolute Gasteiger partial charge is 0.416 e. The fraction of sp³-hybridized carbons (Fsp3) is 0.364. The molecular weight excluding hydrogens is 219 g/mol. The minimum Gasteiger partial charge on any atom is -0.382 e. The van der Waals surface area contributed by atoms with Crippen LogP contribution in [0.15, 0.2) is 18.2 Å². The Labute approximate surface area is 90.5 Å². The van der Waals surface area contributed by atoms with E-state index in [1.165, 1.54) is 6.07 Å². The monoisotopic (exact) mass is 229 g/mol. The molecule has 1 N–H and O–H groups in total. The Bertz CT molecular complexity index is 439. The fourth-order valence-corrected chi connectivity index (χ4v) is 1.78. The molecule has 1 aromatic rings. The lowest BCUT2D eigenvalue weighted by Crippen LogP contribution is -2.27. The first-order valence-corrected chi connectivity index (χ1v) is 4.89. The highest BCUT2D eigenvalue weighted by atomic mass is 19.4. The van der Waals surface area contributed by atoms with Crippen molar-refractivity contribution in [1.82, 2.24) is 0 Å². The van der Waals surface area contributed by atoms with Crippen molar-refractivity contribution >= 4 is 11.5 Å². The maximum absolute atomic E-state index is 12.4. The van der Waals surface area contributed by atoms with Crippen LogP contribution >= 0.6 is 0 Å². The van der Waals surface area contributed by atoms with Crippen molar-refractivity contribution in [3.63, 3.8) is 0 Å². The van der Waals surface area contributed by atoms with E-state index in [0.29, 0.717) is 5.69 Å². The van der Waals surface area contributed by atoms with Gasteiger partial charge in [0.1, 0.15) is 0 Å². The third-order valence-electron chi connectivity index (χ3n) is 2.54. The molecule has 2 rings (SSSR count). The number of carbonyl (C=O) groups excluding carboxylic acids is 1. The van der Waals surface area contributed by atoms with Gasteiger partial charge in [-0.2, -0.15) is 13.2 Å². The van der Waals surface area contributed by atoms with Crippen LogP contribution < -0.4 is 5.32 Å². The van der Waals surface area contributed by atoms with Gasteiger partial charge in [-0.05, 0) is 25.1 Å². The van der Waals surface area contributed by atoms with Crippen molar-refractivity contribution in [2.75, 3.05) is 5.32 Å². The number of benzene rings is 1. The summed E-state index contributed by atoms with van der Waals surface area (Å²) < 4.78 is 37.3. The van der Waals surface area contributed by atoms with Gasteiger partial charge in [0.2, 0.25) is 0 Å². The van der Waals surface area contributed by atoms with Crippen LogP contribution in [-0.2, 0) is 6.18 Å². The van der Waals surface area contributed by atoms with E-state index in [-0.39, 0.29) is 23.8 Å². The molecule has 0 bridgehead atoms. The van der Waals surface area contributed by atoms with Gasteiger partial charge in [-0.25, -0.2) is 0 Å². The third-order valence-corrected chi connectivity index (χ3v) is 2.54. The number of halogens is 3. The molecule has 2 nitrogen and oxygen atoms in total. The van der Waals surface area contributed by atoms with Crippen LogP contribution in [0.3, 0.4) is 0 Å². The number of Topliss-reactive ketones (excluding diaryl/α,β-unsaturated/α-hetero) is 1. The van der Waals surface area contributed by atoms with Crippen LogP contribution in [0.2, 0.25) is 0 Å². The molecule has 1 heterocycles. The van der Waals surface area contributed by atoms with Crippen molar-refractivity contribution in [2.24, 2.45) is 0 Å². The van der Waals surface area contributed by atoms with Crippen molar-refractivity contribution in [3.8, 4) is 0 Å². The molecule has 0 amide bonds. The SMILES string of the molecule is C[C@@H]1CC(=O)c2cc(C(F)(F)F)ccc2N1. The Morgan fingerprint density at radius 3 is 2.69 bits per heavy atom. The molecule has 16 heavy (non-hydrogen) atoms. The molecule has 0 saturated carbocycles. The molecule has 5 heteroatoms. The molecule has 0 radical (unpaired) electrons. The average Bonchev–Trinajstić information content (AvgIpc) is 2.15. The van der Waals surface area contributed by atoms with Crippen molar-refractivity contribution in [2.45, 2.75) is 25.6 Å². The van der Waals surface area contributed by atoms with Gasteiger partial charge < -0.3 is 5.32 Å². The number of ketones is 1. The number of rotatable bonds is 0. The summed E-state index contributed by atoms with van der Waals surface area (Å²) >= 11 is 0. The van der Waals surface area contributed by atoms with Crippen LogP contribution in [0, 0.1) is 0 Å². The van der Waals surface area contributed by atoms with E-state index >= 15 is 0 Å². The third kappa shape index (κ3) is 1.89. The first-order chi connectivity index (χ1) is 7.38. The van der Waals surface area contributed by atoms with Gasteiger partial charge in [0.05, 0.1) is 5.56 Å². The lowest BCUT2D eigenvalue weighted by molar-refractivity contribution is -0.137. The summed E-state index contributed by atoms with van der Waals surface area (Å²) in [5.41, 5.74) is -0.166. The maximum atomic E-state index is 12.4. The predicted octanol–water partition coefficient (Wildman–Crippen LogP) is 3.09. The Morgan fingerprint density at radius 1 is 1.38 bits per heavy atom. The highest BCUT2D eigenvalue weighted by Crippen LogP contribution is 2.33. The first-order valence-electron chi connectivity index (χ1n) is 4.89. The van der Waals surface area contributed by atoms with E-state index in [4.69, 9.17) is 0 Å². The van der Waals surface area contributed by atoms with E-state index in [9.17, 15) is 18.0 Å². The van der Waals surface area contributed by atoms with Gasteiger partial charge in [-0.3, -0.25) is 4.79 Å². The van der Waals surface area contributed by atoms with Crippen LogP contribution in [0.1, 0.15) is 29.3 Å². The zero-order valence-corrected chi connectivity index (χ0v) is 8.56. The van der Waals surface area contributed by atoms with E-state index in [2.05, 4.69) is 5.32 Å². The molecule has 86 valence electrons. The molecule has 1 aliphatic heterocycles. The van der Waals surface area contributed by atoms with Crippen LogP contribution in [-0.4, -0.2) is 11.8 Å². The van der Waals surface area contributed by atoms with E-state index in [1.54, 1.807) is 0 Å². The van der Waals surface area contributed by atoms with Crippen molar-refractivity contribution < 1.29 is 18.0 Å². The zero-order valence-electron chi connectivity index (χ0n) is 8.56. The predicted molar refractivity (Wildman–Crippen MR) is 53.5 cm³/mol. The number of alkyl halides is 3. The van der Waals surface area contributed by atoms with Gasteiger partial charge in [0, 0.05) is 23.7 Å². The maximum Gasteiger partial charge on any atom is 0.416 e. The van der Waals surface area contributed by atoms with E-state index < -0.39 is 11.7 Å². The Balaban J connectivity index is 2.47. The summed E-state index contributed by atoms with van der Waals surface area (Å²) in [6.07, 6.45) is -4.17. The van der Waals surface area contributed by atoms with Gasteiger partial charge in [0.15, 0.2) is 5.78 Å². The molecule has 1 atom stereocenters. The molecule has 0 saturated heterocycles. The first kappa shape index (κ1) is 11.0. The van der Waals surface area contributed by atoms with E-state index in [0.717, 1.165) is 12.1 Å². The summed E-state index contributed by atoms with van der Waals surface area (Å²) in [5.74, 6) is -0.243. The molecule has 0 spiro atoms. The Morgan fingerprint density at radius 2 is 2.06 bits per heavy atom. The topological polar surface area (TPSA) is 29.1 Å². The average molecular weight is 229 g/mol. The van der Waals surface area contributed by atoms with Crippen LogP contribution in [0.25, 0.3) is 0 Å². The molecule has 0 fully saturated rings. The highest BCUT2D eigenvalue weighted by molar-refractivity contribution is 6.03. The molecule has 0 aliphatic carbocycles. The molecular formula is C11H10F3NO. The highest BCUT2D eigenvalue weighted by Gasteiger charge is 2.32. The minimum absolute atomic E-state index is 0.0308. The fourth-order valence-electron chi connectivity index (χ4n) is 1.78. The standard InChI is InChI=1S/C11H10F3NO/c1-6-4-10(16)8-5-7(11(12,13)14)2-3-9(8)15-6/h2-3,5-6,15H,4H2,1H3/t6-/m1/s1. The van der Waals surface area contributed by atoms with Gasteiger partial charge in [-0.15, -0.1) is 0 Å². The number of carbonyl (C=O) groups is 1. The number of hydrogen-bond acceptors (Lipinski definition) is 2. The summed E-state index contributed by atoms with van der Waals surface area (Å²) in [6, 6.07) is 3.18. The van der Waals surface area contributed by atoms with Gasteiger partial charge in [0.25, 0.3) is 0 Å². The summed E-state index contributed by atoms with van der Waals surface area (Å²) in [4.78, 5) is 11.6. The zero-order chi connectivity index (χ0) is 11.9. The number of anilines is 1. The Kier molecular flexibility index (Phi) is 2.40. The second-order valence-corrected chi connectivity index (χ2v) is 3.93. The quantitative estimate of drug-likeness (QED) is 0.740.